The van der Waals surface area contributed by atoms with Gasteiger partial charge in [0.1, 0.15) is 5.82 Å². The van der Waals surface area contributed by atoms with Gasteiger partial charge in [-0.25, -0.2) is 9.37 Å². The Labute approximate surface area is 82.5 Å². The Morgan fingerprint density at radius 1 is 1.50 bits per heavy atom. The van der Waals surface area contributed by atoms with Gasteiger partial charge in [0.25, 0.3) is 0 Å². The fourth-order valence-electron chi connectivity index (χ4n) is 1.13. The maximum atomic E-state index is 13.2. The predicted octanol–water partition coefficient (Wildman–Crippen LogP) is 1.92. The number of ether oxygens (including phenoxy) is 1. The van der Waals surface area contributed by atoms with Crippen LogP contribution in [0.5, 0.6) is 5.88 Å². The van der Waals surface area contributed by atoms with Gasteiger partial charge in [0.15, 0.2) is 0 Å². The van der Waals surface area contributed by atoms with Gasteiger partial charge in [-0.05, 0) is 5.92 Å². The number of hydrogen-bond acceptors (Lipinski definition) is 3. The summed E-state index contributed by atoms with van der Waals surface area (Å²) in [5.74, 6) is -0.246. The van der Waals surface area contributed by atoms with Gasteiger partial charge in [-0.15, -0.1) is 0 Å². The third-order valence-corrected chi connectivity index (χ3v) is 2.02. The first-order valence-electron chi connectivity index (χ1n) is 4.43. The molecule has 0 aromatic carbocycles. The van der Waals surface area contributed by atoms with E-state index in [2.05, 4.69) is 4.98 Å². The van der Waals surface area contributed by atoms with Gasteiger partial charge in [-0.3, -0.25) is 0 Å². The van der Waals surface area contributed by atoms with E-state index < -0.39 is 11.9 Å². The lowest BCUT2D eigenvalue weighted by Gasteiger charge is -2.15. The molecule has 0 saturated heterocycles. The molecule has 1 atom stereocenters. The van der Waals surface area contributed by atoms with Crippen molar-refractivity contribution >= 4 is 0 Å². The second-order valence-corrected chi connectivity index (χ2v) is 3.44. The molecule has 1 aromatic heterocycles. The molecule has 0 radical (unpaired) electrons. The smallest absolute Gasteiger partial charge is 0.213 e. The van der Waals surface area contributed by atoms with Crippen LogP contribution in [0.15, 0.2) is 12.3 Å². The van der Waals surface area contributed by atoms with Crippen LogP contribution in [0.25, 0.3) is 0 Å². The summed E-state index contributed by atoms with van der Waals surface area (Å²) >= 11 is 0. The molecular formula is C10H14FNO2. The van der Waals surface area contributed by atoms with Crippen LogP contribution in [-0.2, 0) is 0 Å². The third-order valence-electron chi connectivity index (χ3n) is 2.02. The molecule has 0 bridgehead atoms. The normalized spacial score (nSPS) is 13.0. The molecule has 4 heteroatoms. The van der Waals surface area contributed by atoms with Crippen LogP contribution in [0.3, 0.4) is 0 Å². The first kappa shape index (κ1) is 10.9. The van der Waals surface area contributed by atoms with E-state index in [1.165, 1.54) is 13.2 Å². The molecule has 1 unspecified atom stereocenters. The van der Waals surface area contributed by atoms with Gasteiger partial charge in [0, 0.05) is 11.6 Å². The van der Waals surface area contributed by atoms with E-state index >= 15 is 0 Å². The van der Waals surface area contributed by atoms with Gasteiger partial charge in [-0.1, -0.05) is 13.8 Å². The van der Waals surface area contributed by atoms with Crippen LogP contribution in [-0.4, -0.2) is 17.2 Å². The lowest BCUT2D eigenvalue weighted by atomic mass is 10.00. The van der Waals surface area contributed by atoms with Crippen LogP contribution in [0.2, 0.25) is 0 Å². The van der Waals surface area contributed by atoms with Crippen molar-refractivity contribution in [3.8, 4) is 5.88 Å². The molecule has 3 nitrogen and oxygen atoms in total. The minimum Gasteiger partial charge on any atom is -0.481 e. The second kappa shape index (κ2) is 4.37. The Morgan fingerprint density at radius 2 is 2.14 bits per heavy atom. The highest BCUT2D eigenvalue weighted by Gasteiger charge is 2.17. The molecule has 78 valence electrons. The lowest BCUT2D eigenvalue weighted by molar-refractivity contribution is 0.122. The summed E-state index contributed by atoms with van der Waals surface area (Å²) in [6.45, 7) is 3.63. The Hall–Kier alpha value is -1.16. The summed E-state index contributed by atoms with van der Waals surface area (Å²) in [5.41, 5.74) is 0.229. The maximum absolute atomic E-state index is 13.2. The van der Waals surface area contributed by atoms with Crippen molar-refractivity contribution in [2.45, 2.75) is 20.0 Å². The Balaban J connectivity index is 3.05. The quantitative estimate of drug-likeness (QED) is 0.808. The molecule has 0 aliphatic heterocycles. The molecule has 1 aromatic rings. The Morgan fingerprint density at radius 3 is 2.64 bits per heavy atom. The number of halogens is 1. The van der Waals surface area contributed by atoms with Crippen molar-refractivity contribution in [3.05, 3.63) is 23.6 Å². The van der Waals surface area contributed by atoms with Crippen molar-refractivity contribution in [2.75, 3.05) is 7.11 Å². The van der Waals surface area contributed by atoms with Gasteiger partial charge in [0.05, 0.1) is 19.4 Å². The number of aromatic nitrogens is 1. The van der Waals surface area contributed by atoms with Gasteiger partial charge in [-0.2, -0.15) is 0 Å². The van der Waals surface area contributed by atoms with Gasteiger partial charge in [0.2, 0.25) is 5.88 Å². The highest BCUT2D eigenvalue weighted by Crippen LogP contribution is 2.25. The zero-order valence-electron chi connectivity index (χ0n) is 8.49. The topological polar surface area (TPSA) is 42.4 Å². The van der Waals surface area contributed by atoms with E-state index in [0.717, 1.165) is 6.20 Å². The van der Waals surface area contributed by atoms with E-state index in [1.807, 2.05) is 13.8 Å². The van der Waals surface area contributed by atoms with Crippen molar-refractivity contribution in [1.82, 2.24) is 4.98 Å². The van der Waals surface area contributed by atoms with Crippen molar-refractivity contribution < 1.29 is 14.2 Å². The van der Waals surface area contributed by atoms with Crippen LogP contribution in [0, 0.1) is 11.7 Å². The Kier molecular flexibility index (Phi) is 3.41. The van der Waals surface area contributed by atoms with Crippen LogP contribution in [0.1, 0.15) is 25.5 Å². The van der Waals surface area contributed by atoms with Crippen molar-refractivity contribution in [2.24, 2.45) is 5.92 Å². The third kappa shape index (κ3) is 2.20. The number of rotatable bonds is 3. The number of nitrogens with zero attached hydrogens (tertiary/aromatic N) is 1. The fourth-order valence-corrected chi connectivity index (χ4v) is 1.13. The van der Waals surface area contributed by atoms with Crippen LogP contribution >= 0.6 is 0 Å². The Bertz CT molecular complexity index is 315. The highest BCUT2D eigenvalue weighted by molar-refractivity contribution is 5.24. The van der Waals surface area contributed by atoms with E-state index in [4.69, 9.17) is 4.74 Å². The average molecular weight is 199 g/mol. The molecule has 0 fully saturated rings. The number of aliphatic hydroxyl groups excluding tert-OH is 1. The molecule has 14 heavy (non-hydrogen) atoms. The molecule has 0 saturated carbocycles. The SMILES string of the molecule is COc1cc(C(O)C(C)C)c(F)cn1. The zero-order chi connectivity index (χ0) is 10.7. The number of methoxy groups -OCH3 is 1. The zero-order valence-corrected chi connectivity index (χ0v) is 8.49. The summed E-state index contributed by atoms with van der Waals surface area (Å²) in [5, 5.41) is 9.68. The molecular weight excluding hydrogens is 185 g/mol. The summed E-state index contributed by atoms with van der Waals surface area (Å²) < 4.78 is 18.1. The number of pyridine rings is 1. The number of aliphatic hydroxyl groups is 1. The average Bonchev–Trinajstić information content (AvgIpc) is 2.17. The predicted molar refractivity (Wildman–Crippen MR) is 50.5 cm³/mol. The molecule has 1 N–H and O–H groups in total. The molecule has 1 heterocycles. The molecule has 1 rings (SSSR count). The first-order valence-corrected chi connectivity index (χ1v) is 4.43. The summed E-state index contributed by atoms with van der Waals surface area (Å²) in [4.78, 5) is 3.69. The summed E-state index contributed by atoms with van der Waals surface area (Å²) in [6.07, 6.45) is 0.228. The van der Waals surface area contributed by atoms with Crippen molar-refractivity contribution in [1.29, 1.82) is 0 Å². The first-order chi connectivity index (χ1) is 6.56. The maximum Gasteiger partial charge on any atom is 0.213 e. The van der Waals surface area contributed by atoms with Crippen LogP contribution in [0.4, 0.5) is 4.39 Å². The van der Waals surface area contributed by atoms with Crippen LogP contribution < -0.4 is 4.74 Å². The molecule has 0 amide bonds. The van der Waals surface area contributed by atoms with E-state index in [-0.39, 0.29) is 11.5 Å². The fraction of sp³-hybridized carbons (Fsp3) is 0.500. The van der Waals surface area contributed by atoms with E-state index in [0.29, 0.717) is 5.88 Å². The molecule has 0 spiro atoms. The minimum absolute atomic E-state index is 0.0448. The summed E-state index contributed by atoms with van der Waals surface area (Å²) in [7, 11) is 1.45. The van der Waals surface area contributed by atoms with Crippen molar-refractivity contribution in [3.63, 3.8) is 0 Å². The minimum atomic E-state index is -0.827. The largest absolute Gasteiger partial charge is 0.481 e. The molecule has 0 aliphatic rings. The number of hydrogen-bond donors (Lipinski definition) is 1. The summed E-state index contributed by atoms with van der Waals surface area (Å²) in [6, 6.07) is 1.42. The second-order valence-electron chi connectivity index (χ2n) is 3.44. The highest BCUT2D eigenvalue weighted by atomic mass is 19.1. The standard InChI is InChI=1S/C10H14FNO2/c1-6(2)10(13)7-4-9(14-3)12-5-8(7)11/h4-6,10,13H,1-3H3. The van der Waals surface area contributed by atoms with Gasteiger partial charge < -0.3 is 9.84 Å². The van der Waals surface area contributed by atoms with E-state index in [9.17, 15) is 9.50 Å². The van der Waals surface area contributed by atoms with Gasteiger partial charge >= 0.3 is 0 Å². The van der Waals surface area contributed by atoms with E-state index in [1.54, 1.807) is 0 Å². The lowest BCUT2D eigenvalue weighted by Crippen LogP contribution is -2.08. The monoisotopic (exact) mass is 199 g/mol. The molecule has 0 aliphatic carbocycles.